The van der Waals surface area contributed by atoms with Crippen LogP contribution in [0, 0.1) is 6.92 Å². The van der Waals surface area contributed by atoms with E-state index in [2.05, 4.69) is 38.4 Å². The minimum atomic E-state index is -0.206. The first kappa shape index (κ1) is 25.5. The van der Waals surface area contributed by atoms with Crippen LogP contribution in [0.3, 0.4) is 0 Å². The first-order valence-corrected chi connectivity index (χ1v) is 9.65. The summed E-state index contributed by atoms with van der Waals surface area (Å²) in [4.78, 5) is 16.0. The van der Waals surface area contributed by atoms with E-state index in [0.29, 0.717) is 19.0 Å². The third-order valence-electron chi connectivity index (χ3n) is 4.20. The fraction of sp³-hybridized carbons (Fsp3) is 0.364. The molecule has 2 aromatic rings. The van der Waals surface area contributed by atoms with Gasteiger partial charge in [0.25, 0.3) is 0 Å². The van der Waals surface area contributed by atoms with Gasteiger partial charge in [0.15, 0.2) is 5.96 Å². The van der Waals surface area contributed by atoms with Gasteiger partial charge < -0.3 is 26.0 Å². The molecular weight excluding hydrogens is 493 g/mol. The zero-order chi connectivity index (χ0) is 21.2. The second kappa shape index (κ2) is 12.9. The Labute approximate surface area is 196 Å². The molecule has 30 heavy (non-hydrogen) atoms. The van der Waals surface area contributed by atoms with Crippen LogP contribution < -0.4 is 26.0 Å². The monoisotopic (exact) mass is 525 g/mol. The van der Waals surface area contributed by atoms with Gasteiger partial charge in [-0.1, -0.05) is 24.3 Å². The van der Waals surface area contributed by atoms with Crippen molar-refractivity contribution in [3.05, 3.63) is 59.2 Å². The number of halogens is 1. The van der Waals surface area contributed by atoms with Crippen LogP contribution >= 0.6 is 24.0 Å². The summed E-state index contributed by atoms with van der Waals surface area (Å²) in [5.74, 6) is 1.56. The van der Waals surface area contributed by atoms with Gasteiger partial charge >= 0.3 is 6.03 Å². The molecule has 2 rings (SSSR count). The third-order valence-corrected chi connectivity index (χ3v) is 4.20. The molecule has 0 aromatic heterocycles. The van der Waals surface area contributed by atoms with E-state index in [9.17, 15) is 4.79 Å². The highest BCUT2D eigenvalue weighted by molar-refractivity contribution is 14.0. The molecule has 2 amide bonds. The van der Waals surface area contributed by atoms with Gasteiger partial charge in [-0.2, -0.15) is 0 Å². The molecule has 4 N–H and O–H groups in total. The van der Waals surface area contributed by atoms with Crippen molar-refractivity contribution in [1.82, 2.24) is 16.0 Å². The molecule has 0 saturated heterocycles. The number of ether oxygens (including phenoxy) is 1. The number of anilines is 1. The summed E-state index contributed by atoms with van der Waals surface area (Å²) in [5.41, 5.74) is 4.06. The van der Waals surface area contributed by atoms with Crippen molar-refractivity contribution >= 4 is 41.7 Å². The van der Waals surface area contributed by atoms with E-state index in [1.165, 1.54) is 0 Å². The Morgan fingerprint density at radius 2 is 1.73 bits per heavy atom. The van der Waals surface area contributed by atoms with Gasteiger partial charge in [0, 0.05) is 37.4 Å². The lowest BCUT2D eigenvalue weighted by Gasteiger charge is -2.14. The van der Waals surface area contributed by atoms with Gasteiger partial charge in [-0.3, -0.25) is 4.99 Å². The molecule has 2 aromatic carbocycles. The van der Waals surface area contributed by atoms with Gasteiger partial charge in [-0.25, -0.2) is 4.79 Å². The number of carbonyl (C=O) groups is 1. The summed E-state index contributed by atoms with van der Waals surface area (Å²) < 4.78 is 5.45. The number of hydrogen-bond donors (Lipinski definition) is 4. The van der Waals surface area contributed by atoms with Crippen LogP contribution in [-0.2, 0) is 13.1 Å². The fourth-order valence-corrected chi connectivity index (χ4v) is 2.72. The minimum Gasteiger partial charge on any atom is -0.496 e. The topological polar surface area (TPSA) is 86.8 Å². The van der Waals surface area contributed by atoms with Crippen molar-refractivity contribution in [1.29, 1.82) is 0 Å². The number of aryl methyl sites for hydroxylation is 1. The number of benzene rings is 2. The van der Waals surface area contributed by atoms with Gasteiger partial charge in [0.05, 0.1) is 7.11 Å². The maximum atomic E-state index is 11.7. The van der Waals surface area contributed by atoms with Crippen molar-refractivity contribution in [3.63, 3.8) is 0 Å². The van der Waals surface area contributed by atoms with Crippen LogP contribution in [0.2, 0.25) is 0 Å². The third kappa shape index (κ3) is 8.48. The Morgan fingerprint density at radius 1 is 1.07 bits per heavy atom. The van der Waals surface area contributed by atoms with Gasteiger partial charge in [-0.05, 0) is 50.1 Å². The Hall–Kier alpha value is -2.49. The Morgan fingerprint density at radius 3 is 2.33 bits per heavy atom. The Kier molecular flexibility index (Phi) is 11.0. The minimum absolute atomic E-state index is 0. The Balaban J connectivity index is 0.00000450. The van der Waals surface area contributed by atoms with Crippen molar-refractivity contribution in [2.45, 2.75) is 39.9 Å². The van der Waals surface area contributed by atoms with Gasteiger partial charge in [-0.15, -0.1) is 24.0 Å². The number of urea groups is 1. The van der Waals surface area contributed by atoms with Crippen LogP contribution in [0.1, 0.15) is 30.5 Å². The molecule has 0 atom stereocenters. The predicted octanol–water partition coefficient (Wildman–Crippen LogP) is 4.02. The zero-order valence-corrected chi connectivity index (χ0v) is 20.5. The number of aliphatic imine (C=N–C) groups is 1. The molecule has 8 heteroatoms. The lowest BCUT2D eigenvalue weighted by Crippen LogP contribution is -2.36. The molecule has 0 spiro atoms. The number of hydrogen-bond acceptors (Lipinski definition) is 3. The fourth-order valence-electron chi connectivity index (χ4n) is 2.72. The van der Waals surface area contributed by atoms with Crippen molar-refractivity contribution in [2.75, 3.05) is 19.5 Å². The summed E-state index contributed by atoms with van der Waals surface area (Å²) in [6.07, 6.45) is 0. The number of carbonyl (C=O) groups excluding carboxylic acids is 1. The predicted molar refractivity (Wildman–Crippen MR) is 134 cm³/mol. The average molecular weight is 525 g/mol. The van der Waals surface area contributed by atoms with Crippen molar-refractivity contribution < 1.29 is 9.53 Å². The molecule has 0 bridgehead atoms. The van der Waals surface area contributed by atoms with Crippen LogP contribution in [-0.4, -0.2) is 32.2 Å². The number of nitrogens with zero attached hydrogens (tertiary/aromatic N) is 1. The summed E-state index contributed by atoms with van der Waals surface area (Å²) in [7, 11) is 3.42. The van der Waals surface area contributed by atoms with E-state index in [1.54, 1.807) is 14.2 Å². The zero-order valence-electron chi connectivity index (χ0n) is 18.2. The average Bonchev–Trinajstić information content (AvgIpc) is 2.69. The molecule has 164 valence electrons. The normalized spacial score (nSPS) is 10.8. The van der Waals surface area contributed by atoms with Crippen LogP contribution in [0.25, 0.3) is 0 Å². The summed E-state index contributed by atoms with van der Waals surface area (Å²) in [6, 6.07) is 13.7. The van der Waals surface area contributed by atoms with Crippen LogP contribution in [0.4, 0.5) is 10.5 Å². The highest BCUT2D eigenvalue weighted by Gasteiger charge is 2.06. The van der Waals surface area contributed by atoms with Gasteiger partial charge in [0.1, 0.15) is 5.75 Å². The highest BCUT2D eigenvalue weighted by Crippen LogP contribution is 2.19. The SMILES string of the molecule is CN=C(NCc1ccc(NC(=O)NC(C)C)cc1)NCc1ccc(C)cc1OC.I. The first-order chi connectivity index (χ1) is 13.9. The van der Waals surface area contributed by atoms with E-state index in [0.717, 1.165) is 28.1 Å². The highest BCUT2D eigenvalue weighted by atomic mass is 127. The molecule has 0 radical (unpaired) electrons. The second-order valence-corrected chi connectivity index (χ2v) is 7.04. The second-order valence-electron chi connectivity index (χ2n) is 7.04. The van der Waals surface area contributed by atoms with Gasteiger partial charge in [0.2, 0.25) is 0 Å². The van der Waals surface area contributed by atoms with E-state index in [-0.39, 0.29) is 36.0 Å². The number of nitrogens with one attached hydrogen (secondary N) is 4. The number of amides is 2. The Bertz CT molecular complexity index is 838. The summed E-state index contributed by atoms with van der Waals surface area (Å²) in [5, 5.41) is 12.2. The molecule has 0 fully saturated rings. The lowest BCUT2D eigenvalue weighted by molar-refractivity contribution is 0.250. The molecule has 7 nitrogen and oxygen atoms in total. The largest absolute Gasteiger partial charge is 0.496 e. The quantitative estimate of drug-likeness (QED) is 0.250. The van der Waals surface area contributed by atoms with Crippen molar-refractivity contribution in [3.8, 4) is 5.75 Å². The van der Waals surface area contributed by atoms with E-state index in [4.69, 9.17) is 4.74 Å². The first-order valence-electron chi connectivity index (χ1n) is 9.65. The molecule has 0 heterocycles. The molecule has 0 aliphatic carbocycles. The summed E-state index contributed by atoms with van der Waals surface area (Å²) in [6.45, 7) is 7.10. The lowest BCUT2D eigenvalue weighted by atomic mass is 10.1. The molecule has 0 unspecified atom stereocenters. The van der Waals surface area contributed by atoms with Crippen LogP contribution in [0.5, 0.6) is 5.75 Å². The maximum absolute atomic E-state index is 11.7. The number of guanidine groups is 1. The van der Waals surface area contributed by atoms with E-state index < -0.39 is 0 Å². The number of rotatable bonds is 7. The van der Waals surface area contributed by atoms with E-state index in [1.807, 2.05) is 51.1 Å². The molecule has 0 aliphatic rings. The van der Waals surface area contributed by atoms with Crippen molar-refractivity contribution in [2.24, 2.45) is 4.99 Å². The molecule has 0 saturated carbocycles. The summed E-state index contributed by atoms with van der Waals surface area (Å²) >= 11 is 0. The smallest absolute Gasteiger partial charge is 0.319 e. The number of methoxy groups -OCH3 is 1. The maximum Gasteiger partial charge on any atom is 0.319 e. The van der Waals surface area contributed by atoms with E-state index >= 15 is 0 Å². The molecule has 0 aliphatic heterocycles. The standard InChI is InChI=1S/C22H31N5O2.HI/c1-15(2)26-22(28)27-19-10-7-17(8-11-19)13-24-21(23-4)25-14-18-9-6-16(3)12-20(18)29-5;/h6-12,15H,13-14H2,1-5H3,(H2,23,24,25)(H2,26,27,28);1H. The van der Waals surface area contributed by atoms with Crippen LogP contribution in [0.15, 0.2) is 47.5 Å². The molecular formula is C22H32IN5O2.